The molecular formula is C12H14N2O2. The van der Waals surface area contributed by atoms with Crippen LogP contribution in [0, 0.1) is 0 Å². The lowest BCUT2D eigenvalue weighted by atomic mass is 9.89. The summed E-state index contributed by atoms with van der Waals surface area (Å²) < 4.78 is 0. The van der Waals surface area contributed by atoms with Crippen molar-refractivity contribution in [1.29, 1.82) is 0 Å². The molecule has 0 aliphatic heterocycles. The van der Waals surface area contributed by atoms with E-state index in [1.807, 2.05) is 12.2 Å². The van der Waals surface area contributed by atoms with Gasteiger partial charge in [-0.2, -0.15) is 0 Å². The maximum atomic E-state index is 9.95. The molecule has 84 valence electrons. The predicted octanol–water partition coefficient (Wildman–Crippen LogP) is 2.08. The van der Waals surface area contributed by atoms with Crippen molar-refractivity contribution in [2.45, 2.75) is 25.7 Å². The van der Waals surface area contributed by atoms with Gasteiger partial charge in [-0.3, -0.25) is 0 Å². The van der Waals surface area contributed by atoms with Crippen molar-refractivity contribution in [2.75, 3.05) is 13.1 Å². The van der Waals surface area contributed by atoms with Gasteiger partial charge in [-0.15, -0.1) is 0 Å². The minimum atomic E-state index is 0.382. The van der Waals surface area contributed by atoms with Crippen molar-refractivity contribution >= 4 is 12.2 Å². The van der Waals surface area contributed by atoms with E-state index in [0.717, 1.165) is 25.7 Å². The van der Waals surface area contributed by atoms with Gasteiger partial charge in [-0.05, 0) is 36.8 Å². The Morgan fingerprint density at radius 3 is 1.75 bits per heavy atom. The molecule has 4 nitrogen and oxygen atoms in total. The van der Waals surface area contributed by atoms with E-state index in [9.17, 15) is 9.59 Å². The van der Waals surface area contributed by atoms with Crippen molar-refractivity contribution in [3.8, 4) is 0 Å². The van der Waals surface area contributed by atoms with E-state index in [1.54, 1.807) is 0 Å². The standard InChI is InChI=1S/C12H14N2O2/c15-9-13-7-5-11-3-1-2-4-12(11)6-8-14-10-16/h5-6H,1-4,7-8H2. The van der Waals surface area contributed by atoms with E-state index in [4.69, 9.17) is 0 Å². The van der Waals surface area contributed by atoms with Crippen LogP contribution in [0.3, 0.4) is 0 Å². The molecule has 1 saturated carbocycles. The molecule has 0 saturated heterocycles. The fourth-order valence-corrected chi connectivity index (χ4v) is 1.80. The van der Waals surface area contributed by atoms with E-state index in [1.165, 1.54) is 23.3 Å². The monoisotopic (exact) mass is 218 g/mol. The molecule has 1 aliphatic rings. The molecule has 0 amide bonds. The quantitative estimate of drug-likeness (QED) is 0.535. The third-order valence-electron chi connectivity index (χ3n) is 2.54. The van der Waals surface area contributed by atoms with E-state index < -0.39 is 0 Å². The number of isocyanates is 2. The van der Waals surface area contributed by atoms with Gasteiger partial charge in [0.1, 0.15) is 0 Å². The third-order valence-corrected chi connectivity index (χ3v) is 2.54. The van der Waals surface area contributed by atoms with Gasteiger partial charge in [-0.25, -0.2) is 19.6 Å². The van der Waals surface area contributed by atoms with Crippen LogP contribution in [0.5, 0.6) is 0 Å². The molecule has 0 aromatic heterocycles. The zero-order valence-electron chi connectivity index (χ0n) is 9.11. The number of nitrogens with zero attached hydrogens (tertiary/aromatic N) is 2. The topological polar surface area (TPSA) is 58.9 Å². The summed E-state index contributed by atoms with van der Waals surface area (Å²) in [5.41, 5.74) is 2.43. The summed E-state index contributed by atoms with van der Waals surface area (Å²) >= 11 is 0. The van der Waals surface area contributed by atoms with Gasteiger partial charge >= 0.3 is 0 Å². The molecule has 0 atom stereocenters. The lowest BCUT2D eigenvalue weighted by molar-refractivity contribution is 0.563. The summed E-state index contributed by atoms with van der Waals surface area (Å²) in [5, 5.41) is 0. The van der Waals surface area contributed by atoms with E-state index in [0.29, 0.717) is 13.1 Å². The van der Waals surface area contributed by atoms with Crippen LogP contribution in [0.25, 0.3) is 0 Å². The molecule has 0 bridgehead atoms. The van der Waals surface area contributed by atoms with Crippen LogP contribution in [0.2, 0.25) is 0 Å². The van der Waals surface area contributed by atoms with Gasteiger partial charge in [0.15, 0.2) is 0 Å². The zero-order valence-corrected chi connectivity index (χ0v) is 9.11. The Morgan fingerprint density at radius 2 is 1.38 bits per heavy atom. The highest BCUT2D eigenvalue weighted by atomic mass is 16.1. The molecule has 0 radical (unpaired) electrons. The van der Waals surface area contributed by atoms with Gasteiger partial charge in [-0.1, -0.05) is 12.2 Å². The van der Waals surface area contributed by atoms with Crippen LogP contribution >= 0.6 is 0 Å². The first-order chi connectivity index (χ1) is 7.88. The fraction of sp³-hybridized carbons (Fsp3) is 0.500. The maximum absolute atomic E-state index is 9.95. The summed E-state index contributed by atoms with van der Waals surface area (Å²) in [6, 6.07) is 0. The smallest absolute Gasteiger partial charge is 0.211 e. The zero-order chi connectivity index (χ0) is 11.6. The number of rotatable bonds is 4. The minimum absolute atomic E-state index is 0.382. The molecule has 1 rings (SSSR count). The Labute approximate surface area is 94.5 Å². The Morgan fingerprint density at radius 1 is 0.938 bits per heavy atom. The molecule has 0 heterocycles. The number of carbonyl (C=O) groups excluding carboxylic acids is 2. The number of aliphatic imine (C=N–C) groups is 2. The second-order valence-electron chi connectivity index (χ2n) is 3.53. The summed E-state index contributed by atoms with van der Waals surface area (Å²) in [6.45, 7) is 0.764. The Bertz CT molecular complexity index is 346. The lowest BCUT2D eigenvalue weighted by Gasteiger charge is -2.17. The highest BCUT2D eigenvalue weighted by Gasteiger charge is 2.10. The highest BCUT2D eigenvalue weighted by molar-refractivity contribution is 5.37. The van der Waals surface area contributed by atoms with E-state index in [2.05, 4.69) is 9.98 Å². The molecule has 0 aromatic carbocycles. The molecule has 0 unspecified atom stereocenters. The first kappa shape index (κ1) is 12.3. The van der Waals surface area contributed by atoms with Crippen LogP contribution < -0.4 is 0 Å². The Hall–Kier alpha value is -1.76. The van der Waals surface area contributed by atoms with Crippen molar-refractivity contribution in [2.24, 2.45) is 9.98 Å². The second-order valence-corrected chi connectivity index (χ2v) is 3.53. The summed E-state index contributed by atoms with van der Waals surface area (Å²) in [4.78, 5) is 26.9. The molecule has 16 heavy (non-hydrogen) atoms. The SMILES string of the molecule is O=C=NCC=C1CCCCC1=CCN=C=O. The van der Waals surface area contributed by atoms with E-state index >= 15 is 0 Å². The largest absolute Gasteiger partial charge is 0.235 e. The number of hydrogen-bond donors (Lipinski definition) is 0. The van der Waals surface area contributed by atoms with Gasteiger partial charge in [0.2, 0.25) is 12.2 Å². The lowest BCUT2D eigenvalue weighted by Crippen LogP contribution is -2.00. The first-order valence-electron chi connectivity index (χ1n) is 5.34. The van der Waals surface area contributed by atoms with Crippen molar-refractivity contribution < 1.29 is 9.59 Å². The molecular weight excluding hydrogens is 204 g/mol. The van der Waals surface area contributed by atoms with Crippen LogP contribution in [-0.2, 0) is 9.59 Å². The van der Waals surface area contributed by atoms with Crippen molar-refractivity contribution in [3.05, 3.63) is 23.3 Å². The summed E-state index contributed by atoms with van der Waals surface area (Å²) in [5.74, 6) is 0. The molecule has 1 fully saturated rings. The van der Waals surface area contributed by atoms with Crippen molar-refractivity contribution in [3.63, 3.8) is 0 Å². The van der Waals surface area contributed by atoms with Gasteiger partial charge in [0.25, 0.3) is 0 Å². The summed E-state index contributed by atoms with van der Waals surface area (Å²) in [6.07, 6.45) is 11.2. The fourth-order valence-electron chi connectivity index (χ4n) is 1.80. The Balaban J connectivity index is 2.69. The van der Waals surface area contributed by atoms with Crippen LogP contribution in [0.1, 0.15) is 25.7 Å². The first-order valence-corrected chi connectivity index (χ1v) is 5.34. The van der Waals surface area contributed by atoms with Crippen LogP contribution in [-0.4, -0.2) is 25.2 Å². The van der Waals surface area contributed by atoms with Gasteiger partial charge < -0.3 is 0 Å². The van der Waals surface area contributed by atoms with Gasteiger partial charge in [0, 0.05) is 0 Å². The molecule has 0 aromatic rings. The minimum Gasteiger partial charge on any atom is -0.211 e. The van der Waals surface area contributed by atoms with E-state index in [-0.39, 0.29) is 0 Å². The Kier molecular flexibility index (Phi) is 5.79. The second kappa shape index (κ2) is 7.52. The molecule has 4 heteroatoms. The number of hydrogen-bond acceptors (Lipinski definition) is 4. The summed E-state index contributed by atoms with van der Waals surface area (Å²) in [7, 11) is 0. The molecule has 0 spiro atoms. The van der Waals surface area contributed by atoms with Crippen molar-refractivity contribution in [1.82, 2.24) is 0 Å². The maximum Gasteiger partial charge on any atom is 0.235 e. The molecule has 1 aliphatic carbocycles. The highest BCUT2D eigenvalue weighted by Crippen LogP contribution is 2.28. The molecule has 0 N–H and O–H groups in total. The van der Waals surface area contributed by atoms with Crippen LogP contribution in [0.15, 0.2) is 33.3 Å². The average Bonchev–Trinajstić information content (AvgIpc) is 2.32. The normalized spacial score (nSPS) is 20.2. The van der Waals surface area contributed by atoms with Crippen LogP contribution in [0.4, 0.5) is 0 Å². The van der Waals surface area contributed by atoms with Gasteiger partial charge in [0.05, 0.1) is 13.1 Å². The predicted molar refractivity (Wildman–Crippen MR) is 60.6 cm³/mol. The number of allylic oxidation sites excluding steroid dienone is 2. The third kappa shape index (κ3) is 4.18. The average molecular weight is 218 g/mol.